The monoisotopic (exact) mass is 357 g/mol. The molecule has 0 bridgehead atoms. The molecule has 0 spiro atoms. The number of carbonyl (C=O) groups is 1. The summed E-state index contributed by atoms with van der Waals surface area (Å²) in [7, 11) is 1.75. The Labute approximate surface area is 149 Å². The first-order valence-corrected chi connectivity index (χ1v) is 9.04. The zero-order chi connectivity index (χ0) is 17.2. The second-order valence-electron chi connectivity index (χ2n) is 6.00. The topological polar surface area (TPSA) is 71.8 Å². The number of anilines is 1. The van der Waals surface area contributed by atoms with Crippen molar-refractivity contribution in [3.63, 3.8) is 0 Å². The Morgan fingerprint density at radius 3 is 3.00 bits per heavy atom. The Kier molecular flexibility index (Phi) is 4.37. The van der Waals surface area contributed by atoms with Crippen molar-refractivity contribution in [1.29, 1.82) is 0 Å². The summed E-state index contributed by atoms with van der Waals surface area (Å²) >= 11 is 1.51. The molecular weight excluding hydrogens is 338 g/mol. The van der Waals surface area contributed by atoms with Gasteiger partial charge in [-0.05, 0) is 30.7 Å². The number of aromatic nitrogens is 3. The van der Waals surface area contributed by atoms with Crippen LogP contribution in [-0.2, 0) is 11.3 Å². The smallest absolute Gasteiger partial charge is 0.251 e. The van der Waals surface area contributed by atoms with E-state index in [4.69, 9.17) is 4.74 Å². The van der Waals surface area contributed by atoms with Gasteiger partial charge in [0.25, 0.3) is 5.91 Å². The van der Waals surface area contributed by atoms with E-state index in [1.807, 2.05) is 29.6 Å². The standard InChI is InChI=1S/C17H19N5O2S/c1-24-15-6-7-21(9-15)13-4-2-12(3-5-13)16(23)18-8-14-10-25-17-19-11-20-22(14)17/h2-5,10-11,15H,6-9H2,1H3,(H,18,23)/t15-/m1/s1. The van der Waals surface area contributed by atoms with Gasteiger partial charge >= 0.3 is 0 Å². The van der Waals surface area contributed by atoms with E-state index in [-0.39, 0.29) is 5.91 Å². The minimum absolute atomic E-state index is 0.0952. The number of methoxy groups -OCH3 is 1. The molecule has 0 radical (unpaired) electrons. The van der Waals surface area contributed by atoms with Crippen molar-refractivity contribution in [2.24, 2.45) is 0 Å². The lowest BCUT2D eigenvalue weighted by atomic mass is 10.2. The third-order valence-electron chi connectivity index (χ3n) is 4.49. The Morgan fingerprint density at radius 1 is 1.40 bits per heavy atom. The molecule has 25 heavy (non-hydrogen) atoms. The average molecular weight is 357 g/mol. The largest absolute Gasteiger partial charge is 0.380 e. The number of hydrogen-bond donors (Lipinski definition) is 1. The maximum atomic E-state index is 12.4. The number of nitrogens with one attached hydrogen (secondary N) is 1. The molecule has 1 atom stereocenters. The minimum Gasteiger partial charge on any atom is -0.380 e. The van der Waals surface area contributed by atoms with Crippen LogP contribution in [0, 0.1) is 0 Å². The lowest BCUT2D eigenvalue weighted by molar-refractivity contribution is 0.0950. The molecule has 1 aliphatic heterocycles. The van der Waals surface area contributed by atoms with E-state index in [1.54, 1.807) is 11.6 Å². The highest BCUT2D eigenvalue weighted by Gasteiger charge is 2.22. The molecule has 8 heteroatoms. The number of thiazole rings is 1. The zero-order valence-electron chi connectivity index (χ0n) is 13.9. The molecule has 0 aliphatic carbocycles. The van der Waals surface area contributed by atoms with Crippen LogP contribution in [0.25, 0.3) is 4.96 Å². The Hall–Kier alpha value is -2.45. The van der Waals surface area contributed by atoms with Gasteiger partial charge in [-0.3, -0.25) is 4.79 Å². The van der Waals surface area contributed by atoms with Crippen LogP contribution in [0.3, 0.4) is 0 Å². The van der Waals surface area contributed by atoms with Gasteiger partial charge in [0.2, 0.25) is 4.96 Å². The van der Waals surface area contributed by atoms with Crippen molar-refractivity contribution in [3.8, 4) is 0 Å². The maximum absolute atomic E-state index is 12.4. The summed E-state index contributed by atoms with van der Waals surface area (Å²) in [6.07, 6.45) is 2.85. The van der Waals surface area contributed by atoms with Crippen LogP contribution in [0.5, 0.6) is 0 Å². The average Bonchev–Trinajstić information content (AvgIpc) is 3.36. The molecule has 1 aromatic carbocycles. The molecule has 1 aliphatic rings. The van der Waals surface area contributed by atoms with Gasteiger partial charge in [-0.15, -0.1) is 11.3 Å². The van der Waals surface area contributed by atoms with Crippen LogP contribution in [-0.4, -0.2) is 46.8 Å². The number of nitrogens with zero attached hydrogens (tertiary/aromatic N) is 4. The van der Waals surface area contributed by atoms with Crippen molar-refractivity contribution in [1.82, 2.24) is 19.9 Å². The first kappa shape index (κ1) is 16.0. The second kappa shape index (κ2) is 6.81. The van der Waals surface area contributed by atoms with Gasteiger partial charge in [-0.25, -0.2) is 9.50 Å². The molecule has 0 unspecified atom stereocenters. The molecule has 1 saturated heterocycles. The summed E-state index contributed by atoms with van der Waals surface area (Å²) < 4.78 is 7.14. The van der Waals surface area contributed by atoms with Crippen LogP contribution in [0.1, 0.15) is 22.5 Å². The SMILES string of the molecule is CO[C@@H]1CCN(c2ccc(C(=O)NCc3csc4ncnn34)cc2)C1. The predicted octanol–water partition coefficient (Wildman–Crippen LogP) is 1.95. The van der Waals surface area contributed by atoms with Gasteiger partial charge in [0.05, 0.1) is 18.3 Å². The summed E-state index contributed by atoms with van der Waals surface area (Å²) in [5.41, 5.74) is 2.69. The first-order valence-electron chi connectivity index (χ1n) is 8.16. The van der Waals surface area contributed by atoms with Gasteiger partial charge < -0.3 is 15.0 Å². The quantitative estimate of drug-likeness (QED) is 0.756. The number of benzene rings is 1. The lowest BCUT2D eigenvalue weighted by Gasteiger charge is -2.18. The van der Waals surface area contributed by atoms with Gasteiger partial charge in [0, 0.05) is 36.8 Å². The zero-order valence-corrected chi connectivity index (χ0v) is 14.7. The summed E-state index contributed by atoms with van der Waals surface area (Å²) in [5, 5.41) is 9.04. The third-order valence-corrected chi connectivity index (χ3v) is 5.37. The summed E-state index contributed by atoms with van der Waals surface area (Å²) in [4.78, 5) is 19.6. The van der Waals surface area contributed by atoms with Crippen LogP contribution in [0.15, 0.2) is 36.0 Å². The van der Waals surface area contributed by atoms with Gasteiger partial charge in [-0.2, -0.15) is 5.10 Å². The molecule has 1 N–H and O–H groups in total. The van der Waals surface area contributed by atoms with Crippen molar-refractivity contribution in [3.05, 3.63) is 47.2 Å². The van der Waals surface area contributed by atoms with Crippen LogP contribution in [0.2, 0.25) is 0 Å². The van der Waals surface area contributed by atoms with Crippen molar-refractivity contribution >= 4 is 27.9 Å². The Bertz CT molecular complexity index is 873. The molecule has 0 saturated carbocycles. The Balaban J connectivity index is 1.38. The number of rotatable bonds is 5. The number of hydrogen-bond acceptors (Lipinski definition) is 6. The third kappa shape index (κ3) is 3.22. The van der Waals surface area contributed by atoms with Crippen LogP contribution < -0.4 is 10.2 Å². The molecule has 1 amide bonds. The first-order chi connectivity index (χ1) is 12.2. The van der Waals surface area contributed by atoms with E-state index in [0.29, 0.717) is 18.2 Å². The van der Waals surface area contributed by atoms with Crippen LogP contribution >= 0.6 is 11.3 Å². The molecular formula is C17H19N5O2S. The molecule has 3 aromatic rings. The highest BCUT2D eigenvalue weighted by Crippen LogP contribution is 2.22. The van der Waals surface area contributed by atoms with E-state index in [0.717, 1.165) is 35.9 Å². The fourth-order valence-electron chi connectivity index (χ4n) is 3.05. The molecule has 130 valence electrons. The van der Waals surface area contributed by atoms with Crippen molar-refractivity contribution < 1.29 is 9.53 Å². The number of ether oxygens (including phenoxy) is 1. The summed E-state index contributed by atoms with van der Waals surface area (Å²) in [5.74, 6) is -0.0952. The molecule has 2 aromatic heterocycles. The lowest BCUT2D eigenvalue weighted by Crippen LogP contribution is -2.24. The summed E-state index contributed by atoms with van der Waals surface area (Å²) in [6, 6.07) is 7.72. The number of amides is 1. The summed E-state index contributed by atoms with van der Waals surface area (Å²) in [6.45, 7) is 2.30. The van der Waals surface area contributed by atoms with E-state index in [1.165, 1.54) is 17.7 Å². The molecule has 4 rings (SSSR count). The van der Waals surface area contributed by atoms with Crippen LogP contribution in [0.4, 0.5) is 5.69 Å². The highest BCUT2D eigenvalue weighted by atomic mass is 32.1. The fraction of sp³-hybridized carbons (Fsp3) is 0.353. The van der Waals surface area contributed by atoms with E-state index >= 15 is 0 Å². The highest BCUT2D eigenvalue weighted by molar-refractivity contribution is 7.15. The molecule has 3 heterocycles. The maximum Gasteiger partial charge on any atom is 0.251 e. The fourth-order valence-corrected chi connectivity index (χ4v) is 3.84. The van der Waals surface area contributed by atoms with E-state index in [2.05, 4.69) is 20.3 Å². The second-order valence-corrected chi connectivity index (χ2v) is 6.84. The number of fused-ring (bicyclic) bond motifs is 1. The van der Waals surface area contributed by atoms with E-state index < -0.39 is 0 Å². The number of carbonyl (C=O) groups excluding carboxylic acids is 1. The van der Waals surface area contributed by atoms with Gasteiger partial charge in [0.15, 0.2) is 0 Å². The van der Waals surface area contributed by atoms with Gasteiger partial charge in [0.1, 0.15) is 6.33 Å². The van der Waals surface area contributed by atoms with Crippen molar-refractivity contribution in [2.75, 3.05) is 25.1 Å². The van der Waals surface area contributed by atoms with Crippen molar-refractivity contribution in [2.45, 2.75) is 19.1 Å². The van der Waals surface area contributed by atoms with E-state index in [9.17, 15) is 4.79 Å². The normalized spacial score (nSPS) is 17.3. The molecule has 7 nitrogen and oxygen atoms in total. The minimum atomic E-state index is -0.0952. The Morgan fingerprint density at radius 2 is 2.24 bits per heavy atom. The molecule has 1 fully saturated rings. The predicted molar refractivity (Wildman–Crippen MR) is 96.1 cm³/mol. The van der Waals surface area contributed by atoms with Gasteiger partial charge in [-0.1, -0.05) is 0 Å².